The van der Waals surface area contributed by atoms with Gasteiger partial charge in [-0.25, -0.2) is 9.97 Å². The first-order valence-electron chi connectivity index (χ1n) is 8.98. The molecule has 1 amide bonds. The average molecular weight is 387 g/mol. The first-order valence-corrected chi connectivity index (χ1v) is 9.36. The lowest BCUT2D eigenvalue weighted by Gasteiger charge is -2.09. The number of anilines is 1. The predicted molar refractivity (Wildman–Crippen MR) is 107 cm³/mol. The van der Waals surface area contributed by atoms with E-state index in [1.165, 1.54) is 19.8 Å². The maximum atomic E-state index is 11.0. The van der Waals surface area contributed by atoms with Gasteiger partial charge in [-0.2, -0.15) is 0 Å². The second kappa shape index (κ2) is 8.86. The molecule has 1 atom stereocenters. The molecule has 1 heterocycles. The maximum absolute atomic E-state index is 11.0. The topological polar surface area (TPSA) is 76.1 Å². The number of halogens is 1. The summed E-state index contributed by atoms with van der Waals surface area (Å²) in [6.07, 6.45) is 9.62. The van der Waals surface area contributed by atoms with E-state index >= 15 is 0 Å². The zero-order chi connectivity index (χ0) is 19.2. The van der Waals surface area contributed by atoms with Gasteiger partial charge in [0, 0.05) is 43.2 Å². The Hall–Kier alpha value is -2.60. The summed E-state index contributed by atoms with van der Waals surface area (Å²) in [5.41, 5.74) is 1.79. The van der Waals surface area contributed by atoms with Crippen LogP contribution in [0.15, 0.2) is 36.7 Å². The summed E-state index contributed by atoms with van der Waals surface area (Å²) < 4.78 is 5.67. The summed E-state index contributed by atoms with van der Waals surface area (Å²) in [7, 11) is 0. The smallest absolute Gasteiger partial charge is 0.321 e. The summed E-state index contributed by atoms with van der Waals surface area (Å²) in [5, 5.41) is 6.66. The molecule has 1 aliphatic rings. The fraction of sp³-hybridized carbons (Fsp3) is 0.350. The first kappa shape index (κ1) is 19.2. The lowest BCUT2D eigenvalue weighted by Crippen LogP contribution is -2.28. The fourth-order valence-corrected chi connectivity index (χ4v) is 2.68. The molecule has 3 rings (SSSR count). The van der Waals surface area contributed by atoms with Crippen molar-refractivity contribution in [2.45, 2.75) is 32.7 Å². The van der Waals surface area contributed by atoms with Crippen molar-refractivity contribution < 1.29 is 9.53 Å². The highest BCUT2D eigenvalue weighted by molar-refractivity contribution is 6.32. The second-order valence-corrected chi connectivity index (χ2v) is 7.13. The van der Waals surface area contributed by atoms with Gasteiger partial charge >= 0.3 is 6.01 Å². The van der Waals surface area contributed by atoms with E-state index in [9.17, 15) is 4.79 Å². The van der Waals surface area contributed by atoms with Crippen LogP contribution in [-0.4, -0.2) is 28.5 Å². The molecule has 1 aliphatic carbocycles. The molecule has 0 bridgehead atoms. The Bertz CT molecular complexity index is 819. The summed E-state index contributed by atoms with van der Waals surface area (Å²) in [6, 6.07) is 5.75. The van der Waals surface area contributed by atoms with Crippen LogP contribution < -0.4 is 15.4 Å². The number of amides is 1. The third kappa shape index (κ3) is 6.25. The maximum Gasteiger partial charge on any atom is 0.321 e. The molecule has 142 valence electrons. The summed E-state index contributed by atoms with van der Waals surface area (Å²) in [6.45, 7) is 4.36. The van der Waals surface area contributed by atoms with Gasteiger partial charge < -0.3 is 15.4 Å². The van der Waals surface area contributed by atoms with Crippen LogP contribution in [0.1, 0.15) is 32.3 Å². The normalized spacial score (nSPS) is 14.8. The number of carbonyl (C=O) groups excluding carboxylic acids is 1. The quantitative estimate of drug-likeness (QED) is 0.708. The summed E-state index contributed by atoms with van der Waals surface area (Å²) in [5.74, 6) is 1.23. The van der Waals surface area contributed by atoms with Gasteiger partial charge in [0.1, 0.15) is 5.75 Å². The van der Waals surface area contributed by atoms with Crippen molar-refractivity contribution in [3.63, 3.8) is 0 Å². The van der Waals surface area contributed by atoms with E-state index in [4.69, 9.17) is 16.3 Å². The van der Waals surface area contributed by atoms with E-state index in [2.05, 4.69) is 20.6 Å². The number of nitrogens with one attached hydrogen (secondary N) is 2. The Balaban J connectivity index is 1.57. The molecule has 2 N–H and O–H groups in total. The fourth-order valence-electron chi connectivity index (χ4n) is 2.47. The van der Waals surface area contributed by atoms with Crippen molar-refractivity contribution in [1.29, 1.82) is 0 Å². The van der Waals surface area contributed by atoms with Gasteiger partial charge in [0.15, 0.2) is 0 Å². The van der Waals surface area contributed by atoms with Gasteiger partial charge in [0.05, 0.1) is 5.02 Å². The van der Waals surface area contributed by atoms with Crippen LogP contribution in [0.25, 0.3) is 6.08 Å². The molecule has 1 saturated carbocycles. The number of carbonyl (C=O) groups is 1. The number of rotatable bonds is 8. The highest BCUT2D eigenvalue weighted by atomic mass is 35.5. The molecule has 0 spiro atoms. The molecule has 1 fully saturated rings. The van der Waals surface area contributed by atoms with Crippen LogP contribution in [0.5, 0.6) is 11.8 Å². The van der Waals surface area contributed by atoms with Gasteiger partial charge in [-0.1, -0.05) is 23.8 Å². The lowest BCUT2D eigenvalue weighted by molar-refractivity contribution is -0.119. The van der Waals surface area contributed by atoms with Crippen molar-refractivity contribution in [2.24, 2.45) is 5.92 Å². The van der Waals surface area contributed by atoms with Gasteiger partial charge in [0.2, 0.25) is 5.91 Å². The Morgan fingerprint density at radius 3 is 2.74 bits per heavy atom. The average Bonchev–Trinajstić information content (AvgIpc) is 3.45. The molecule has 6 nitrogen and oxygen atoms in total. The highest BCUT2D eigenvalue weighted by Gasteiger charge is 2.20. The first-order chi connectivity index (χ1) is 13.0. The van der Waals surface area contributed by atoms with Gasteiger partial charge in [-0.15, -0.1) is 0 Å². The third-order valence-electron chi connectivity index (χ3n) is 4.08. The number of aromatic nitrogens is 2. The van der Waals surface area contributed by atoms with Crippen LogP contribution in [-0.2, 0) is 4.79 Å². The van der Waals surface area contributed by atoms with Gasteiger partial charge in [-0.05, 0) is 43.9 Å². The molecule has 0 saturated heterocycles. The van der Waals surface area contributed by atoms with E-state index in [0.717, 1.165) is 23.7 Å². The number of hydrogen-bond donors (Lipinski definition) is 2. The van der Waals surface area contributed by atoms with E-state index in [1.54, 1.807) is 12.4 Å². The number of nitrogens with zero attached hydrogens (tertiary/aromatic N) is 2. The largest absolute Gasteiger partial charge is 0.423 e. The molecule has 7 heteroatoms. The summed E-state index contributed by atoms with van der Waals surface area (Å²) in [4.78, 5) is 19.4. The minimum atomic E-state index is -0.0715. The molecule has 2 aromatic rings. The third-order valence-corrected chi connectivity index (χ3v) is 4.38. The van der Waals surface area contributed by atoms with Crippen molar-refractivity contribution >= 4 is 29.3 Å². The molecule has 0 aliphatic heterocycles. The van der Waals surface area contributed by atoms with Crippen LogP contribution in [0.3, 0.4) is 0 Å². The SMILES string of the molecule is CC(=O)N[C@@H](C)/C=C/c1cnc(Oc2ccc(NCC3CC3)cc2Cl)nc1. The van der Waals surface area contributed by atoms with Gasteiger partial charge in [0.25, 0.3) is 0 Å². The van der Waals surface area contributed by atoms with Crippen LogP contribution >= 0.6 is 11.6 Å². The van der Waals surface area contributed by atoms with Crippen LogP contribution in [0, 0.1) is 5.92 Å². The Labute approximate surface area is 164 Å². The Morgan fingerprint density at radius 1 is 1.37 bits per heavy atom. The molecule has 0 radical (unpaired) electrons. The van der Waals surface area contributed by atoms with E-state index in [0.29, 0.717) is 10.8 Å². The van der Waals surface area contributed by atoms with E-state index in [-0.39, 0.29) is 18.0 Å². The van der Waals surface area contributed by atoms with E-state index < -0.39 is 0 Å². The van der Waals surface area contributed by atoms with Crippen molar-refractivity contribution in [1.82, 2.24) is 15.3 Å². The Kier molecular flexibility index (Phi) is 6.29. The second-order valence-electron chi connectivity index (χ2n) is 6.72. The molecule has 0 unspecified atom stereocenters. The molecular weight excluding hydrogens is 364 g/mol. The van der Waals surface area contributed by atoms with Crippen LogP contribution in [0.2, 0.25) is 5.02 Å². The number of benzene rings is 1. The highest BCUT2D eigenvalue weighted by Crippen LogP contribution is 2.32. The monoisotopic (exact) mass is 386 g/mol. The lowest BCUT2D eigenvalue weighted by atomic mass is 10.2. The van der Waals surface area contributed by atoms with Crippen molar-refractivity contribution in [3.05, 3.63) is 47.3 Å². The Morgan fingerprint density at radius 2 is 2.11 bits per heavy atom. The number of hydrogen-bond acceptors (Lipinski definition) is 5. The minimum absolute atomic E-state index is 0.0655. The van der Waals surface area contributed by atoms with Crippen molar-refractivity contribution in [3.8, 4) is 11.8 Å². The van der Waals surface area contributed by atoms with Crippen LogP contribution in [0.4, 0.5) is 5.69 Å². The minimum Gasteiger partial charge on any atom is -0.423 e. The zero-order valence-electron chi connectivity index (χ0n) is 15.4. The van der Waals surface area contributed by atoms with Gasteiger partial charge in [-0.3, -0.25) is 4.79 Å². The molecule has 1 aromatic carbocycles. The molecule has 1 aromatic heterocycles. The van der Waals surface area contributed by atoms with Crippen molar-refractivity contribution in [2.75, 3.05) is 11.9 Å². The zero-order valence-corrected chi connectivity index (χ0v) is 16.2. The number of ether oxygens (including phenoxy) is 1. The predicted octanol–water partition coefficient (Wildman–Crippen LogP) is 4.28. The standard InChI is InChI=1S/C20H23ClN4O2/c1-13(25-14(2)26)3-4-16-11-23-20(24-12-16)27-19-8-7-17(9-18(19)21)22-10-15-5-6-15/h3-4,7-9,11-13,15,22H,5-6,10H2,1-2H3,(H,25,26)/b4-3+/t13-/m0/s1. The molecular formula is C20H23ClN4O2. The summed E-state index contributed by atoms with van der Waals surface area (Å²) >= 11 is 6.30. The molecule has 27 heavy (non-hydrogen) atoms. The van der Waals surface area contributed by atoms with E-state index in [1.807, 2.05) is 37.3 Å².